The number of hydrogen-bond donors (Lipinski definition) is 3. The average molecular weight is 366 g/mol. The topological polar surface area (TPSA) is 66.5 Å². The van der Waals surface area contributed by atoms with Gasteiger partial charge < -0.3 is 15.9 Å². The standard InChI is InChI=1S/C21H31NO2.ClH/c1-19(2)15-5-7-21(4)16(20(15,3)8-6-17(19)22)10-12-9-13(23)11-14(24)18(12)21;/h9,11,15-17,23-24H,5-8,10,22H2,1-4H3;1H/t15-,16+,17-,20-,21+;/m0./s1. The first kappa shape index (κ1) is 18.8. The highest BCUT2D eigenvalue weighted by atomic mass is 35.5. The molecule has 0 unspecified atom stereocenters. The second-order valence-corrected chi connectivity index (χ2v) is 9.74. The van der Waals surface area contributed by atoms with Crippen molar-refractivity contribution >= 4 is 12.4 Å². The molecular formula is C21H32ClNO2. The van der Waals surface area contributed by atoms with Crippen LogP contribution in [0.15, 0.2) is 12.1 Å². The largest absolute Gasteiger partial charge is 0.508 e. The minimum absolute atomic E-state index is 0. The summed E-state index contributed by atoms with van der Waals surface area (Å²) in [5.41, 5.74) is 9.16. The fourth-order valence-electron chi connectivity index (χ4n) is 7.05. The molecule has 0 bridgehead atoms. The van der Waals surface area contributed by atoms with Gasteiger partial charge >= 0.3 is 0 Å². The van der Waals surface area contributed by atoms with Crippen molar-refractivity contribution in [1.82, 2.24) is 0 Å². The summed E-state index contributed by atoms with van der Waals surface area (Å²) in [5.74, 6) is 1.60. The van der Waals surface area contributed by atoms with Gasteiger partial charge in [0.1, 0.15) is 11.5 Å². The van der Waals surface area contributed by atoms with E-state index in [4.69, 9.17) is 5.73 Å². The van der Waals surface area contributed by atoms with Gasteiger partial charge in [0, 0.05) is 23.1 Å². The lowest BCUT2D eigenvalue weighted by Gasteiger charge is -2.62. The summed E-state index contributed by atoms with van der Waals surface area (Å²) in [6.07, 6.45) is 5.49. The van der Waals surface area contributed by atoms with Crippen molar-refractivity contribution in [3.63, 3.8) is 0 Å². The van der Waals surface area contributed by atoms with Crippen molar-refractivity contribution < 1.29 is 10.2 Å². The molecule has 0 radical (unpaired) electrons. The molecule has 4 heteroatoms. The summed E-state index contributed by atoms with van der Waals surface area (Å²) < 4.78 is 0. The van der Waals surface area contributed by atoms with E-state index in [1.807, 2.05) is 6.07 Å². The Morgan fingerprint density at radius 1 is 1.00 bits per heavy atom. The molecule has 0 saturated heterocycles. The fraction of sp³-hybridized carbons (Fsp3) is 0.714. The molecule has 4 N–H and O–H groups in total. The zero-order valence-electron chi connectivity index (χ0n) is 15.8. The average Bonchev–Trinajstić information content (AvgIpc) is 2.77. The van der Waals surface area contributed by atoms with Gasteiger partial charge in [0.2, 0.25) is 0 Å². The van der Waals surface area contributed by atoms with Gasteiger partial charge in [-0.15, -0.1) is 12.4 Å². The van der Waals surface area contributed by atoms with Gasteiger partial charge in [-0.05, 0) is 66.4 Å². The molecular weight excluding hydrogens is 334 g/mol. The Hall–Kier alpha value is -0.930. The van der Waals surface area contributed by atoms with Gasteiger partial charge in [0.25, 0.3) is 0 Å². The highest BCUT2D eigenvalue weighted by molar-refractivity contribution is 5.85. The Bertz CT molecular complexity index is 703. The van der Waals surface area contributed by atoms with Gasteiger partial charge in [-0.25, -0.2) is 0 Å². The quantitative estimate of drug-likeness (QED) is 0.633. The Kier molecular flexibility index (Phi) is 4.17. The van der Waals surface area contributed by atoms with E-state index in [2.05, 4.69) is 27.7 Å². The van der Waals surface area contributed by atoms with Crippen molar-refractivity contribution in [2.75, 3.05) is 0 Å². The lowest BCUT2D eigenvalue weighted by molar-refractivity contribution is -0.107. The van der Waals surface area contributed by atoms with Crippen LogP contribution in [0.5, 0.6) is 11.5 Å². The van der Waals surface area contributed by atoms with Gasteiger partial charge in [0.05, 0.1) is 0 Å². The van der Waals surface area contributed by atoms with Crippen molar-refractivity contribution in [3.8, 4) is 11.5 Å². The lowest BCUT2D eigenvalue weighted by Crippen LogP contribution is -2.60. The van der Waals surface area contributed by atoms with E-state index in [0.29, 0.717) is 11.8 Å². The maximum Gasteiger partial charge on any atom is 0.123 e. The normalized spacial score (nSPS) is 41.2. The van der Waals surface area contributed by atoms with E-state index >= 15 is 0 Å². The Morgan fingerprint density at radius 3 is 2.36 bits per heavy atom. The van der Waals surface area contributed by atoms with Crippen LogP contribution < -0.4 is 5.73 Å². The van der Waals surface area contributed by atoms with Crippen LogP contribution in [0.3, 0.4) is 0 Å². The minimum Gasteiger partial charge on any atom is -0.508 e. The van der Waals surface area contributed by atoms with Crippen molar-refractivity contribution in [2.45, 2.75) is 71.3 Å². The first-order valence-electron chi connectivity index (χ1n) is 9.41. The number of hydrogen-bond acceptors (Lipinski definition) is 3. The summed E-state index contributed by atoms with van der Waals surface area (Å²) in [7, 11) is 0. The van der Waals surface area contributed by atoms with E-state index < -0.39 is 0 Å². The molecule has 1 aromatic rings. The van der Waals surface area contributed by atoms with Crippen molar-refractivity contribution in [3.05, 3.63) is 23.3 Å². The molecule has 0 spiro atoms. The van der Waals surface area contributed by atoms with Crippen LogP contribution in [-0.2, 0) is 11.8 Å². The number of halogens is 1. The van der Waals surface area contributed by atoms with Gasteiger partial charge in [-0.2, -0.15) is 0 Å². The third-order valence-electron chi connectivity index (χ3n) is 8.34. The Balaban J connectivity index is 0.00000182. The summed E-state index contributed by atoms with van der Waals surface area (Å²) in [5, 5.41) is 20.5. The third-order valence-corrected chi connectivity index (χ3v) is 8.34. The van der Waals surface area contributed by atoms with E-state index in [0.717, 1.165) is 30.4 Å². The first-order valence-corrected chi connectivity index (χ1v) is 9.41. The second-order valence-electron chi connectivity index (χ2n) is 9.74. The van der Waals surface area contributed by atoms with Gasteiger partial charge in [0.15, 0.2) is 0 Å². The van der Waals surface area contributed by atoms with E-state index in [-0.39, 0.29) is 46.2 Å². The van der Waals surface area contributed by atoms with Gasteiger partial charge in [-0.3, -0.25) is 0 Å². The lowest BCUT2D eigenvalue weighted by atomic mass is 9.43. The summed E-state index contributed by atoms with van der Waals surface area (Å²) >= 11 is 0. The number of aromatic hydroxyl groups is 2. The molecule has 140 valence electrons. The molecule has 3 nitrogen and oxygen atoms in total. The Labute approximate surface area is 157 Å². The number of fused-ring (bicyclic) bond motifs is 5. The predicted octanol–water partition coefficient (Wildman–Crippen LogP) is 4.51. The number of phenols is 2. The molecule has 3 aliphatic carbocycles. The van der Waals surface area contributed by atoms with Crippen LogP contribution in [0.1, 0.15) is 64.5 Å². The highest BCUT2D eigenvalue weighted by Gasteiger charge is 2.62. The summed E-state index contributed by atoms with van der Waals surface area (Å²) in [6, 6.07) is 3.67. The van der Waals surface area contributed by atoms with Crippen LogP contribution in [0.4, 0.5) is 0 Å². The van der Waals surface area contributed by atoms with Crippen molar-refractivity contribution in [2.24, 2.45) is 28.4 Å². The zero-order valence-corrected chi connectivity index (χ0v) is 16.6. The van der Waals surface area contributed by atoms with Crippen LogP contribution in [0, 0.1) is 22.7 Å². The van der Waals surface area contributed by atoms with Crippen LogP contribution >= 0.6 is 12.4 Å². The maximum atomic E-state index is 10.6. The fourth-order valence-corrected chi connectivity index (χ4v) is 7.05. The van der Waals surface area contributed by atoms with Gasteiger partial charge in [-0.1, -0.05) is 27.7 Å². The zero-order chi connectivity index (χ0) is 17.5. The number of rotatable bonds is 0. The highest BCUT2D eigenvalue weighted by Crippen LogP contribution is 2.68. The molecule has 0 amide bonds. The van der Waals surface area contributed by atoms with E-state index in [9.17, 15) is 10.2 Å². The van der Waals surface area contributed by atoms with E-state index in [1.165, 1.54) is 18.9 Å². The van der Waals surface area contributed by atoms with Crippen LogP contribution in [0.2, 0.25) is 0 Å². The monoisotopic (exact) mass is 365 g/mol. The molecule has 2 fully saturated rings. The van der Waals surface area contributed by atoms with Crippen molar-refractivity contribution in [1.29, 1.82) is 0 Å². The molecule has 3 aliphatic rings. The minimum atomic E-state index is 0. The molecule has 0 aliphatic heterocycles. The molecule has 5 atom stereocenters. The number of phenolic OH excluding ortho intramolecular Hbond substituents is 2. The molecule has 2 saturated carbocycles. The molecule has 25 heavy (non-hydrogen) atoms. The molecule has 1 aromatic carbocycles. The Morgan fingerprint density at radius 2 is 1.68 bits per heavy atom. The summed E-state index contributed by atoms with van der Waals surface area (Å²) in [6.45, 7) is 9.51. The smallest absolute Gasteiger partial charge is 0.123 e. The molecule has 4 rings (SSSR count). The SMILES string of the molecule is CC1(C)[C@@H](N)CC[C@]2(C)[C@H]3Cc4cc(O)cc(O)c4[C@]3(C)CC[C@@H]12.Cl. The van der Waals surface area contributed by atoms with Crippen LogP contribution in [0.25, 0.3) is 0 Å². The predicted molar refractivity (Wildman–Crippen MR) is 103 cm³/mol. The third kappa shape index (κ3) is 2.28. The molecule has 0 heterocycles. The summed E-state index contributed by atoms with van der Waals surface area (Å²) in [4.78, 5) is 0. The first-order chi connectivity index (χ1) is 11.1. The number of benzene rings is 1. The van der Waals surface area contributed by atoms with Crippen LogP contribution in [-0.4, -0.2) is 16.3 Å². The second kappa shape index (κ2) is 5.53. The molecule has 0 aromatic heterocycles. The van der Waals surface area contributed by atoms with E-state index in [1.54, 1.807) is 0 Å². The maximum absolute atomic E-state index is 10.6. The number of nitrogens with two attached hydrogens (primary N) is 1.